The SMILES string of the molecule is O=C(NCCC1CCCO1)C1CNCCO1. The molecule has 5 nitrogen and oxygen atoms in total. The molecule has 0 bridgehead atoms. The molecule has 2 heterocycles. The molecule has 92 valence electrons. The number of rotatable bonds is 4. The van der Waals surface area contributed by atoms with Gasteiger partial charge in [-0.25, -0.2) is 0 Å². The minimum atomic E-state index is -0.321. The molecule has 2 unspecified atom stereocenters. The summed E-state index contributed by atoms with van der Waals surface area (Å²) in [5.74, 6) is -0.00908. The molecule has 0 radical (unpaired) electrons. The van der Waals surface area contributed by atoms with Gasteiger partial charge in [-0.15, -0.1) is 0 Å². The maximum absolute atomic E-state index is 11.7. The van der Waals surface area contributed by atoms with Crippen molar-refractivity contribution in [3.63, 3.8) is 0 Å². The quantitative estimate of drug-likeness (QED) is 0.691. The molecule has 5 heteroatoms. The highest BCUT2D eigenvalue weighted by atomic mass is 16.5. The molecular formula is C11H20N2O3. The summed E-state index contributed by atoms with van der Waals surface area (Å²) >= 11 is 0. The van der Waals surface area contributed by atoms with Crippen molar-refractivity contribution in [2.45, 2.75) is 31.5 Å². The van der Waals surface area contributed by atoms with Crippen molar-refractivity contribution >= 4 is 5.91 Å². The minimum absolute atomic E-state index is 0.00908. The van der Waals surface area contributed by atoms with Crippen LogP contribution in [0.2, 0.25) is 0 Å². The van der Waals surface area contributed by atoms with Gasteiger partial charge in [0, 0.05) is 26.2 Å². The van der Waals surface area contributed by atoms with Crippen molar-refractivity contribution in [3.8, 4) is 0 Å². The van der Waals surface area contributed by atoms with E-state index in [1.54, 1.807) is 0 Å². The molecule has 0 aliphatic carbocycles. The Labute approximate surface area is 95.9 Å². The van der Waals surface area contributed by atoms with Gasteiger partial charge in [-0.05, 0) is 19.3 Å². The lowest BCUT2D eigenvalue weighted by molar-refractivity contribution is -0.134. The highest BCUT2D eigenvalue weighted by Crippen LogP contribution is 2.14. The van der Waals surface area contributed by atoms with E-state index in [2.05, 4.69) is 10.6 Å². The molecule has 1 amide bonds. The van der Waals surface area contributed by atoms with E-state index in [4.69, 9.17) is 9.47 Å². The van der Waals surface area contributed by atoms with Crippen LogP contribution in [0.3, 0.4) is 0 Å². The summed E-state index contributed by atoms with van der Waals surface area (Å²) in [7, 11) is 0. The van der Waals surface area contributed by atoms with Crippen LogP contribution in [0.5, 0.6) is 0 Å². The summed E-state index contributed by atoms with van der Waals surface area (Å²) < 4.78 is 10.8. The van der Waals surface area contributed by atoms with E-state index in [1.165, 1.54) is 0 Å². The highest BCUT2D eigenvalue weighted by molar-refractivity contribution is 5.81. The smallest absolute Gasteiger partial charge is 0.250 e. The first-order valence-corrected chi connectivity index (χ1v) is 6.08. The zero-order chi connectivity index (χ0) is 11.2. The van der Waals surface area contributed by atoms with Crippen LogP contribution in [0.15, 0.2) is 0 Å². The van der Waals surface area contributed by atoms with Crippen molar-refractivity contribution in [2.75, 3.05) is 32.8 Å². The zero-order valence-corrected chi connectivity index (χ0v) is 9.54. The zero-order valence-electron chi connectivity index (χ0n) is 9.54. The van der Waals surface area contributed by atoms with Gasteiger partial charge in [0.15, 0.2) is 0 Å². The van der Waals surface area contributed by atoms with Gasteiger partial charge in [-0.1, -0.05) is 0 Å². The Morgan fingerprint density at radius 2 is 2.31 bits per heavy atom. The minimum Gasteiger partial charge on any atom is -0.378 e. The first-order valence-electron chi connectivity index (χ1n) is 6.08. The van der Waals surface area contributed by atoms with Gasteiger partial charge in [-0.2, -0.15) is 0 Å². The number of carbonyl (C=O) groups excluding carboxylic acids is 1. The molecular weight excluding hydrogens is 208 g/mol. The van der Waals surface area contributed by atoms with Gasteiger partial charge in [0.25, 0.3) is 0 Å². The second-order valence-electron chi connectivity index (χ2n) is 4.28. The van der Waals surface area contributed by atoms with Crippen LogP contribution in [0, 0.1) is 0 Å². The monoisotopic (exact) mass is 228 g/mol. The molecule has 2 rings (SSSR count). The Kier molecular flexibility index (Phi) is 4.56. The lowest BCUT2D eigenvalue weighted by atomic mass is 10.2. The molecule has 0 aromatic heterocycles. The van der Waals surface area contributed by atoms with Crippen LogP contribution in [-0.4, -0.2) is 51.0 Å². The summed E-state index contributed by atoms with van der Waals surface area (Å²) in [4.78, 5) is 11.7. The summed E-state index contributed by atoms with van der Waals surface area (Å²) in [5.41, 5.74) is 0. The molecule has 2 aliphatic rings. The fraction of sp³-hybridized carbons (Fsp3) is 0.909. The fourth-order valence-corrected chi connectivity index (χ4v) is 2.08. The number of amides is 1. The number of hydrogen-bond acceptors (Lipinski definition) is 4. The molecule has 0 aromatic rings. The van der Waals surface area contributed by atoms with Crippen molar-refractivity contribution in [1.82, 2.24) is 10.6 Å². The Morgan fingerprint density at radius 3 is 3.00 bits per heavy atom. The first kappa shape index (κ1) is 11.8. The lowest BCUT2D eigenvalue weighted by Crippen LogP contribution is -2.48. The van der Waals surface area contributed by atoms with Gasteiger partial charge >= 0.3 is 0 Å². The molecule has 16 heavy (non-hydrogen) atoms. The summed E-state index contributed by atoms with van der Waals surface area (Å²) in [6.45, 7) is 3.62. The van der Waals surface area contributed by atoms with E-state index in [0.717, 1.165) is 32.4 Å². The molecule has 0 aromatic carbocycles. The van der Waals surface area contributed by atoms with Crippen molar-refractivity contribution < 1.29 is 14.3 Å². The Bertz CT molecular complexity index is 223. The number of nitrogens with one attached hydrogen (secondary N) is 2. The van der Waals surface area contributed by atoms with Gasteiger partial charge in [0.1, 0.15) is 6.10 Å². The van der Waals surface area contributed by atoms with Crippen LogP contribution in [0.4, 0.5) is 0 Å². The normalized spacial score (nSPS) is 30.2. The van der Waals surface area contributed by atoms with Crippen molar-refractivity contribution in [1.29, 1.82) is 0 Å². The fourth-order valence-electron chi connectivity index (χ4n) is 2.08. The standard InChI is InChI=1S/C11H20N2O3/c14-11(10-8-12-5-7-16-10)13-4-3-9-2-1-6-15-9/h9-10,12H,1-8H2,(H,13,14). The molecule has 0 saturated carbocycles. The summed E-state index contributed by atoms with van der Waals surface area (Å²) in [6, 6.07) is 0. The van der Waals surface area contributed by atoms with Gasteiger partial charge in [-0.3, -0.25) is 4.79 Å². The molecule has 2 saturated heterocycles. The Hall–Kier alpha value is -0.650. The third-order valence-corrected chi connectivity index (χ3v) is 3.01. The number of hydrogen-bond donors (Lipinski definition) is 2. The largest absolute Gasteiger partial charge is 0.378 e. The summed E-state index contributed by atoms with van der Waals surface area (Å²) in [6.07, 6.45) is 3.20. The van der Waals surface area contributed by atoms with Gasteiger partial charge < -0.3 is 20.1 Å². The predicted octanol–water partition coefficient (Wildman–Crippen LogP) is -0.340. The van der Waals surface area contributed by atoms with Crippen LogP contribution < -0.4 is 10.6 Å². The van der Waals surface area contributed by atoms with Gasteiger partial charge in [0.05, 0.1) is 12.7 Å². The second kappa shape index (κ2) is 6.18. The van der Waals surface area contributed by atoms with Crippen LogP contribution in [-0.2, 0) is 14.3 Å². The lowest BCUT2D eigenvalue weighted by Gasteiger charge is -2.22. The predicted molar refractivity (Wildman–Crippen MR) is 59.2 cm³/mol. The van der Waals surface area contributed by atoms with E-state index < -0.39 is 0 Å². The van der Waals surface area contributed by atoms with E-state index in [9.17, 15) is 4.79 Å². The number of carbonyl (C=O) groups is 1. The van der Waals surface area contributed by atoms with Crippen LogP contribution in [0.25, 0.3) is 0 Å². The van der Waals surface area contributed by atoms with E-state index in [0.29, 0.717) is 25.8 Å². The third kappa shape index (κ3) is 3.43. The molecule has 2 aliphatic heterocycles. The molecule has 0 spiro atoms. The number of morpholine rings is 1. The highest BCUT2D eigenvalue weighted by Gasteiger charge is 2.22. The van der Waals surface area contributed by atoms with E-state index in [-0.39, 0.29) is 12.0 Å². The molecule has 2 N–H and O–H groups in total. The second-order valence-corrected chi connectivity index (χ2v) is 4.28. The topological polar surface area (TPSA) is 59.6 Å². The van der Waals surface area contributed by atoms with E-state index >= 15 is 0 Å². The van der Waals surface area contributed by atoms with Crippen molar-refractivity contribution in [3.05, 3.63) is 0 Å². The average Bonchev–Trinajstić information content (AvgIpc) is 2.83. The maximum atomic E-state index is 11.7. The third-order valence-electron chi connectivity index (χ3n) is 3.01. The van der Waals surface area contributed by atoms with Crippen LogP contribution in [0.1, 0.15) is 19.3 Å². The van der Waals surface area contributed by atoms with E-state index in [1.807, 2.05) is 0 Å². The maximum Gasteiger partial charge on any atom is 0.250 e. The summed E-state index contributed by atoms with van der Waals surface area (Å²) in [5, 5.41) is 6.03. The average molecular weight is 228 g/mol. The van der Waals surface area contributed by atoms with Crippen LogP contribution >= 0.6 is 0 Å². The first-order chi connectivity index (χ1) is 7.86. The van der Waals surface area contributed by atoms with Gasteiger partial charge in [0.2, 0.25) is 5.91 Å². The molecule has 2 atom stereocenters. The number of ether oxygens (including phenoxy) is 2. The van der Waals surface area contributed by atoms with Crippen molar-refractivity contribution in [2.24, 2.45) is 0 Å². The Morgan fingerprint density at radius 1 is 1.38 bits per heavy atom. The Balaban J connectivity index is 1.59. The molecule has 2 fully saturated rings.